The molecule has 0 radical (unpaired) electrons. The summed E-state index contributed by atoms with van der Waals surface area (Å²) in [5.74, 6) is -5.78. The highest BCUT2D eigenvalue weighted by atomic mass is 19.1. The Labute approximate surface area is 262 Å². The quantitative estimate of drug-likeness (QED) is 0.372. The number of amides is 3. The lowest BCUT2D eigenvalue weighted by atomic mass is 9.70. The minimum atomic E-state index is -1.01. The smallest absolute Gasteiger partial charge is 0.410 e. The molecule has 1 aliphatic carbocycles. The Kier molecular flexibility index (Phi) is 10.5. The lowest BCUT2D eigenvalue weighted by molar-refractivity contribution is -0.137. The fourth-order valence-electron chi connectivity index (χ4n) is 5.84. The van der Waals surface area contributed by atoms with Crippen molar-refractivity contribution in [2.45, 2.75) is 71.1 Å². The first-order valence-electron chi connectivity index (χ1n) is 15.2. The average Bonchev–Trinajstić information content (AvgIpc) is 2.99. The number of nitrogens with two attached hydrogens (primary N) is 1. The summed E-state index contributed by atoms with van der Waals surface area (Å²) in [5, 5.41) is 5.24. The van der Waals surface area contributed by atoms with Crippen LogP contribution in [0, 0.1) is 29.4 Å². The molecule has 2 unspecified atom stereocenters. The van der Waals surface area contributed by atoms with Crippen LogP contribution in [0.4, 0.5) is 25.0 Å². The minimum absolute atomic E-state index is 0.125. The highest BCUT2D eigenvalue weighted by Gasteiger charge is 2.44. The molecule has 1 saturated heterocycles. The van der Waals surface area contributed by atoms with Crippen LogP contribution in [0.2, 0.25) is 0 Å². The summed E-state index contributed by atoms with van der Waals surface area (Å²) in [6, 6.07) is 6.49. The van der Waals surface area contributed by atoms with Gasteiger partial charge in [-0.2, -0.15) is 0 Å². The topological polar surface area (TPSA) is 140 Å². The number of anilines is 2. The number of fused-ring (bicyclic) bond motifs is 1. The zero-order valence-corrected chi connectivity index (χ0v) is 26.3. The molecule has 4 rings (SSSR count). The average molecular weight is 629 g/mol. The number of hydrogen-bond donors (Lipinski definition) is 3. The van der Waals surface area contributed by atoms with Crippen molar-refractivity contribution < 1.29 is 37.4 Å². The number of rotatable bonds is 8. The Morgan fingerprint density at radius 1 is 1.00 bits per heavy atom. The predicted molar refractivity (Wildman–Crippen MR) is 164 cm³/mol. The van der Waals surface area contributed by atoms with Crippen LogP contribution in [-0.2, 0) is 36.7 Å². The number of benzene rings is 2. The van der Waals surface area contributed by atoms with Crippen molar-refractivity contribution in [1.29, 1.82) is 0 Å². The van der Waals surface area contributed by atoms with Crippen molar-refractivity contribution >= 4 is 35.1 Å². The summed E-state index contributed by atoms with van der Waals surface area (Å²) in [6.07, 6.45) is 0.541. The lowest BCUT2D eigenvalue weighted by Crippen LogP contribution is -2.57. The van der Waals surface area contributed by atoms with E-state index in [9.17, 15) is 28.0 Å². The van der Waals surface area contributed by atoms with E-state index >= 15 is 0 Å². The Balaban J connectivity index is 1.65. The predicted octanol–water partition coefficient (Wildman–Crippen LogP) is 4.25. The maximum atomic E-state index is 14.5. The molecule has 244 valence electrons. The normalized spacial score (nSPS) is 19.9. The van der Waals surface area contributed by atoms with E-state index in [0.717, 1.165) is 28.2 Å². The van der Waals surface area contributed by atoms with E-state index < -0.39 is 64.7 Å². The molecule has 0 bridgehead atoms. The second kappa shape index (κ2) is 13.9. The monoisotopic (exact) mass is 628 g/mol. The SMILES string of the molecule is C[C@@H](C(=O)NC(C(=O)C1Cc2cc(N)ccc2C[C@H]1C(=O)Nc1c(F)cccc1F)C1CCOCC1)N(C)C(=O)OC(C)(C)C. The summed E-state index contributed by atoms with van der Waals surface area (Å²) in [4.78, 5) is 55.6. The number of ketones is 1. The van der Waals surface area contributed by atoms with Crippen molar-refractivity contribution in [3.63, 3.8) is 0 Å². The molecule has 2 aliphatic rings. The number of para-hydroxylation sites is 1. The number of nitrogens with zero attached hydrogens (tertiary/aromatic N) is 1. The molecule has 0 aromatic heterocycles. The van der Waals surface area contributed by atoms with Crippen LogP contribution in [0.3, 0.4) is 0 Å². The second-order valence-electron chi connectivity index (χ2n) is 12.8. The largest absolute Gasteiger partial charge is 0.444 e. The molecule has 4 atom stereocenters. The molecule has 4 N–H and O–H groups in total. The summed E-state index contributed by atoms with van der Waals surface area (Å²) in [5.41, 5.74) is 6.74. The van der Waals surface area contributed by atoms with E-state index in [4.69, 9.17) is 15.2 Å². The Morgan fingerprint density at radius 3 is 2.24 bits per heavy atom. The van der Waals surface area contributed by atoms with Gasteiger partial charge in [0.1, 0.15) is 29.0 Å². The molecule has 12 heteroatoms. The van der Waals surface area contributed by atoms with Gasteiger partial charge in [0.15, 0.2) is 5.78 Å². The first-order valence-corrected chi connectivity index (χ1v) is 15.2. The number of carbonyl (C=O) groups excluding carboxylic acids is 4. The van der Waals surface area contributed by atoms with E-state index in [0.29, 0.717) is 31.7 Å². The van der Waals surface area contributed by atoms with Gasteiger partial charge in [0.25, 0.3) is 0 Å². The molecule has 1 aliphatic heterocycles. The first kappa shape index (κ1) is 33.8. The van der Waals surface area contributed by atoms with Crippen LogP contribution in [0.1, 0.15) is 51.7 Å². The second-order valence-corrected chi connectivity index (χ2v) is 12.8. The third-order valence-electron chi connectivity index (χ3n) is 8.49. The van der Waals surface area contributed by atoms with Crippen LogP contribution >= 0.6 is 0 Å². The van der Waals surface area contributed by atoms with Crippen molar-refractivity contribution in [2.24, 2.45) is 17.8 Å². The van der Waals surface area contributed by atoms with Gasteiger partial charge in [-0.1, -0.05) is 12.1 Å². The van der Waals surface area contributed by atoms with Crippen molar-refractivity contribution in [3.8, 4) is 0 Å². The third-order valence-corrected chi connectivity index (χ3v) is 8.49. The van der Waals surface area contributed by atoms with Crippen LogP contribution in [-0.4, -0.2) is 66.5 Å². The van der Waals surface area contributed by atoms with Crippen LogP contribution in [0.5, 0.6) is 0 Å². The maximum absolute atomic E-state index is 14.5. The number of hydrogen-bond acceptors (Lipinski definition) is 7. The zero-order valence-electron chi connectivity index (χ0n) is 26.3. The van der Waals surface area contributed by atoms with Gasteiger partial charge in [-0.3, -0.25) is 19.3 Å². The molecular formula is C33H42F2N4O6. The van der Waals surface area contributed by atoms with Crippen molar-refractivity contribution in [1.82, 2.24) is 10.2 Å². The highest BCUT2D eigenvalue weighted by Crippen LogP contribution is 2.36. The van der Waals surface area contributed by atoms with Gasteiger partial charge in [-0.05, 0) is 94.7 Å². The van der Waals surface area contributed by atoms with Gasteiger partial charge in [-0.15, -0.1) is 0 Å². The molecule has 1 fully saturated rings. The number of halogens is 2. The molecule has 1 heterocycles. The third kappa shape index (κ3) is 8.16. The van der Waals surface area contributed by atoms with Gasteiger partial charge in [0.2, 0.25) is 11.8 Å². The Hall–Kier alpha value is -4.06. The van der Waals surface area contributed by atoms with E-state index in [2.05, 4.69) is 10.6 Å². The lowest BCUT2D eigenvalue weighted by Gasteiger charge is -2.37. The zero-order chi connectivity index (χ0) is 33.1. The maximum Gasteiger partial charge on any atom is 0.410 e. The molecule has 0 saturated carbocycles. The Bertz CT molecular complexity index is 1420. The fraction of sp³-hybridized carbons (Fsp3) is 0.515. The summed E-state index contributed by atoms with van der Waals surface area (Å²) < 4.78 is 39.9. The number of nitrogens with one attached hydrogen (secondary N) is 2. The van der Waals surface area contributed by atoms with E-state index in [1.807, 2.05) is 0 Å². The van der Waals surface area contributed by atoms with Gasteiger partial charge < -0.3 is 25.8 Å². The van der Waals surface area contributed by atoms with Crippen molar-refractivity contribution in [3.05, 3.63) is 59.2 Å². The van der Waals surface area contributed by atoms with E-state index in [1.165, 1.54) is 20.0 Å². The molecule has 10 nitrogen and oxygen atoms in total. The summed E-state index contributed by atoms with van der Waals surface area (Å²) in [7, 11) is 1.44. The fourth-order valence-corrected chi connectivity index (χ4v) is 5.84. The number of carbonyl (C=O) groups is 4. The van der Waals surface area contributed by atoms with Crippen LogP contribution in [0.25, 0.3) is 0 Å². The summed E-state index contributed by atoms with van der Waals surface area (Å²) >= 11 is 0. The number of Topliss-reactive ketones (excluding diaryl/α,β-unsaturated/α-hetero) is 1. The van der Waals surface area contributed by atoms with E-state index in [1.54, 1.807) is 39.0 Å². The van der Waals surface area contributed by atoms with Gasteiger partial charge in [-0.25, -0.2) is 13.6 Å². The van der Waals surface area contributed by atoms with Crippen LogP contribution in [0.15, 0.2) is 36.4 Å². The number of nitrogen functional groups attached to an aromatic ring is 1. The Morgan fingerprint density at radius 2 is 1.62 bits per heavy atom. The minimum Gasteiger partial charge on any atom is -0.444 e. The summed E-state index contributed by atoms with van der Waals surface area (Å²) in [6.45, 7) is 7.45. The first-order chi connectivity index (χ1) is 21.2. The van der Waals surface area contributed by atoms with Crippen molar-refractivity contribution in [2.75, 3.05) is 31.3 Å². The number of likely N-dealkylation sites (N-methyl/N-ethyl adjacent to an activating group) is 1. The standard InChI is InChI=1S/C33H42F2N4O6/c1-18(39(5)32(43)45-33(2,3)4)30(41)37-27(19-11-13-44-14-12-19)29(40)23-17-21-15-22(36)10-9-20(21)16-24(23)31(42)38-28-25(34)7-6-8-26(28)35/h6-10,15,18-19,23-24,27H,11-14,16-17,36H2,1-5H3,(H,37,41)(H,38,42)/t18-,23?,24+,27?/m0/s1. The highest BCUT2D eigenvalue weighted by molar-refractivity contribution is 6.00. The van der Waals surface area contributed by atoms with Gasteiger partial charge in [0.05, 0.1) is 12.0 Å². The van der Waals surface area contributed by atoms with E-state index in [-0.39, 0.29) is 24.5 Å². The molecule has 3 amide bonds. The molecule has 2 aromatic rings. The van der Waals surface area contributed by atoms with Gasteiger partial charge in [0, 0.05) is 31.9 Å². The molecule has 0 spiro atoms. The number of ether oxygens (including phenoxy) is 2. The van der Waals surface area contributed by atoms with Crippen LogP contribution < -0.4 is 16.4 Å². The molecule has 2 aromatic carbocycles. The molecule has 45 heavy (non-hydrogen) atoms. The van der Waals surface area contributed by atoms with Gasteiger partial charge >= 0.3 is 6.09 Å². The molecular weight excluding hydrogens is 586 g/mol.